The number of thiophene rings is 1. The molecule has 0 fully saturated rings. The third-order valence-electron chi connectivity index (χ3n) is 2.42. The zero-order valence-corrected chi connectivity index (χ0v) is 10.9. The highest BCUT2D eigenvalue weighted by Gasteiger charge is 2.07. The third-order valence-corrected chi connectivity index (χ3v) is 4.00. The van der Waals surface area contributed by atoms with Gasteiger partial charge >= 0.3 is 0 Å². The van der Waals surface area contributed by atoms with E-state index in [9.17, 15) is 0 Å². The highest BCUT2D eigenvalue weighted by atomic mass is 79.9. The van der Waals surface area contributed by atoms with Gasteiger partial charge in [0.1, 0.15) is 10.3 Å². The first kappa shape index (κ1) is 9.99. The van der Waals surface area contributed by atoms with Gasteiger partial charge in [-0.05, 0) is 52.0 Å². The molecule has 0 N–H and O–H groups in total. The fourth-order valence-corrected chi connectivity index (χ4v) is 2.86. The van der Waals surface area contributed by atoms with Gasteiger partial charge in [0.25, 0.3) is 0 Å². The van der Waals surface area contributed by atoms with Crippen LogP contribution >= 0.6 is 27.3 Å². The van der Waals surface area contributed by atoms with Crippen molar-refractivity contribution in [2.45, 2.75) is 6.92 Å². The summed E-state index contributed by atoms with van der Waals surface area (Å²) in [5.41, 5.74) is 3.09. The number of hydrogen-bond acceptors (Lipinski definition) is 3. The molecule has 5 heteroatoms. The lowest BCUT2D eigenvalue weighted by atomic mass is 10.2. The lowest BCUT2D eigenvalue weighted by Crippen LogP contribution is -1.94. The third kappa shape index (κ3) is 1.47. The monoisotopic (exact) mass is 293 g/mol. The van der Waals surface area contributed by atoms with Crippen LogP contribution in [0.5, 0.6) is 0 Å². The molecule has 0 aliphatic heterocycles. The molecule has 0 aliphatic carbocycles. The van der Waals surface area contributed by atoms with Gasteiger partial charge in [0.05, 0.1) is 11.1 Å². The summed E-state index contributed by atoms with van der Waals surface area (Å²) in [7, 11) is 0. The van der Waals surface area contributed by atoms with Crippen LogP contribution in [0.4, 0.5) is 0 Å². The van der Waals surface area contributed by atoms with E-state index in [4.69, 9.17) is 0 Å². The van der Waals surface area contributed by atoms with Gasteiger partial charge in [-0.2, -0.15) is 5.10 Å². The van der Waals surface area contributed by atoms with Crippen LogP contribution in [0.25, 0.3) is 16.2 Å². The number of nitrogens with zero attached hydrogens (tertiary/aromatic N) is 3. The van der Waals surface area contributed by atoms with Crippen LogP contribution in [0.15, 0.2) is 34.4 Å². The Bertz CT molecular complexity index is 656. The summed E-state index contributed by atoms with van der Waals surface area (Å²) in [6.07, 6.45) is 1.76. The summed E-state index contributed by atoms with van der Waals surface area (Å²) in [5, 5.41) is 6.64. The van der Waals surface area contributed by atoms with Crippen LogP contribution in [-0.2, 0) is 0 Å². The number of imidazole rings is 1. The molecule has 80 valence electrons. The van der Waals surface area contributed by atoms with Crippen LogP contribution in [-0.4, -0.2) is 14.6 Å². The molecule has 0 spiro atoms. The van der Waals surface area contributed by atoms with Crippen LogP contribution in [0.1, 0.15) is 5.56 Å². The van der Waals surface area contributed by atoms with Gasteiger partial charge in [0.15, 0.2) is 5.65 Å². The van der Waals surface area contributed by atoms with Crippen LogP contribution in [0.2, 0.25) is 0 Å². The van der Waals surface area contributed by atoms with Gasteiger partial charge in [-0.1, -0.05) is 0 Å². The van der Waals surface area contributed by atoms with Crippen LogP contribution in [0, 0.1) is 6.92 Å². The van der Waals surface area contributed by atoms with Crippen molar-refractivity contribution < 1.29 is 0 Å². The van der Waals surface area contributed by atoms with Gasteiger partial charge in [-0.15, -0.1) is 11.3 Å². The zero-order chi connectivity index (χ0) is 11.1. The lowest BCUT2D eigenvalue weighted by molar-refractivity contribution is 0.923. The largest absolute Gasteiger partial charge is 0.234 e. The maximum Gasteiger partial charge on any atom is 0.154 e. The van der Waals surface area contributed by atoms with E-state index in [0.717, 1.165) is 15.9 Å². The minimum absolute atomic E-state index is 0.852. The summed E-state index contributed by atoms with van der Waals surface area (Å²) in [6.45, 7) is 2.10. The van der Waals surface area contributed by atoms with Crippen molar-refractivity contribution in [2.75, 3.05) is 0 Å². The normalized spacial score (nSPS) is 11.1. The Morgan fingerprint density at radius 1 is 1.31 bits per heavy atom. The molecule has 0 aliphatic rings. The van der Waals surface area contributed by atoms with Crippen LogP contribution in [0.3, 0.4) is 0 Å². The van der Waals surface area contributed by atoms with Gasteiger partial charge in [-0.3, -0.25) is 0 Å². The first-order valence-electron chi connectivity index (χ1n) is 4.80. The predicted octanol–water partition coefficient (Wildman–Crippen LogP) is 3.53. The fraction of sp³-hybridized carbons (Fsp3) is 0.0909. The number of hydrogen-bond donors (Lipinski definition) is 0. The number of halogens is 1. The average Bonchev–Trinajstić information content (AvgIpc) is 2.86. The molecule has 3 aromatic heterocycles. The quantitative estimate of drug-likeness (QED) is 0.687. The molecule has 16 heavy (non-hydrogen) atoms. The molecule has 0 saturated heterocycles. The van der Waals surface area contributed by atoms with E-state index in [1.165, 1.54) is 10.4 Å². The highest BCUT2D eigenvalue weighted by Crippen LogP contribution is 2.27. The molecule has 0 radical (unpaired) electrons. The standard InChI is InChI=1S/C11H8BrN3S/c1-7-4-5-16-11(7)8-2-3-10-13-6-9(12)15(10)14-8/h2-6H,1H3. The summed E-state index contributed by atoms with van der Waals surface area (Å²) < 4.78 is 2.67. The molecular weight excluding hydrogens is 286 g/mol. The van der Waals surface area contributed by atoms with Gasteiger partial charge in [0.2, 0.25) is 0 Å². The molecule has 0 atom stereocenters. The first-order valence-corrected chi connectivity index (χ1v) is 6.48. The smallest absolute Gasteiger partial charge is 0.154 e. The van der Waals surface area contributed by atoms with E-state index in [0.29, 0.717) is 0 Å². The highest BCUT2D eigenvalue weighted by molar-refractivity contribution is 9.10. The maximum absolute atomic E-state index is 4.56. The molecule has 0 unspecified atom stereocenters. The van der Waals surface area contributed by atoms with Crippen molar-refractivity contribution in [2.24, 2.45) is 0 Å². The number of fused-ring (bicyclic) bond motifs is 1. The molecule has 0 saturated carbocycles. The van der Waals surface area contributed by atoms with Crippen molar-refractivity contribution in [3.05, 3.63) is 39.9 Å². The fourth-order valence-electron chi connectivity index (χ4n) is 1.60. The van der Waals surface area contributed by atoms with E-state index in [2.05, 4.69) is 44.4 Å². The van der Waals surface area contributed by atoms with Crippen molar-refractivity contribution >= 4 is 32.9 Å². The Kier molecular flexibility index (Phi) is 2.29. The maximum atomic E-state index is 4.56. The SMILES string of the molecule is Cc1ccsc1-c1ccc2ncc(Br)n2n1. The predicted molar refractivity (Wildman–Crippen MR) is 68.7 cm³/mol. The van der Waals surface area contributed by atoms with Crippen molar-refractivity contribution in [3.63, 3.8) is 0 Å². The van der Waals surface area contributed by atoms with E-state index in [1.54, 1.807) is 22.0 Å². The summed E-state index contributed by atoms with van der Waals surface area (Å²) in [5.74, 6) is 0. The Hall–Kier alpha value is -1.20. The molecule has 3 aromatic rings. The topological polar surface area (TPSA) is 30.2 Å². The second kappa shape index (κ2) is 3.68. The number of aromatic nitrogens is 3. The van der Waals surface area contributed by atoms with Crippen molar-refractivity contribution in [3.8, 4) is 10.6 Å². The van der Waals surface area contributed by atoms with Gasteiger partial charge in [0, 0.05) is 0 Å². The van der Waals surface area contributed by atoms with E-state index >= 15 is 0 Å². The molecule has 3 heterocycles. The van der Waals surface area contributed by atoms with E-state index in [-0.39, 0.29) is 0 Å². The zero-order valence-electron chi connectivity index (χ0n) is 8.51. The molecule has 0 bridgehead atoms. The summed E-state index contributed by atoms with van der Waals surface area (Å²) in [4.78, 5) is 5.43. The molecule has 3 rings (SSSR count). The summed E-state index contributed by atoms with van der Waals surface area (Å²) in [6, 6.07) is 6.09. The Balaban J connectivity index is 2.25. The molecule has 0 aromatic carbocycles. The second-order valence-electron chi connectivity index (χ2n) is 3.50. The van der Waals surface area contributed by atoms with E-state index in [1.807, 2.05) is 12.1 Å². The number of rotatable bonds is 1. The lowest BCUT2D eigenvalue weighted by Gasteiger charge is -2.00. The van der Waals surface area contributed by atoms with Gasteiger partial charge in [-0.25, -0.2) is 9.50 Å². The molecular formula is C11H8BrN3S. The average molecular weight is 294 g/mol. The molecule has 0 amide bonds. The number of aryl methyl sites for hydroxylation is 1. The minimum Gasteiger partial charge on any atom is -0.234 e. The van der Waals surface area contributed by atoms with Crippen LogP contribution < -0.4 is 0 Å². The van der Waals surface area contributed by atoms with Crippen molar-refractivity contribution in [1.82, 2.24) is 14.6 Å². The van der Waals surface area contributed by atoms with E-state index < -0.39 is 0 Å². The second-order valence-corrected chi connectivity index (χ2v) is 5.23. The molecule has 3 nitrogen and oxygen atoms in total. The minimum atomic E-state index is 0.852. The van der Waals surface area contributed by atoms with Gasteiger partial charge < -0.3 is 0 Å². The first-order chi connectivity index (χ1) is 7.75. The Morgan fingerprint density at radius 2 is 2.19 bits per heavy atom. The Morgan fingerprint density at radius 3 is 2.94 bits per heavy atom. The Labute approximate surface area is 105 Å². The summed E-state index contributed by atoms with van der Waals surface area (Å²) >= 11 is 5.13. The van der Waals surface area contributed by atoms with Crippen molar-refractivity contribution in [1.29, 1.82) is 0 Å².